The fourth-order valence-corrected chi connectivity index (χ4v) is 3.40. The lowest BCUT2D eigenvalue weighted by atomic mass is 10.1. The Bertz CT molecular complexity index is 1280. The molecule has 0 bridgehead atoms. The van der Waals surface area contributed by atoms with Gasteiger partial charge < -0.3 is 13.9 Å². The summed E-state index contributed by atoms with van der Waals surface area (Å²) in [6.45, 7) is 2.52. The van der Waals surface area contributed by atoms with Crippen molar-refractivity contribution >= 4 is 11.7 Å². The molecule has 1 heterocycles. The molecule has 4 rings (SSSR count). The minimum Gasteiger partial charge on any atom is -0.487 e. The number of ether oxygens (including phenoxy) is 2. The number of benzene rings is 3. The fraction of sp³-hybridized carbons (Fsp3) is 0.172. The van der Waals surface area contributed by atoms with Crippen molar-refractivity contribution in [3.63, 3.8) is 0 Å². The number of rotatable bonds is 11. The highest BCUT2D eigenvalue weighted by molar-refractivity contribution is 5.74. The van der Waals surface area contributed by atoms with Gasteiger partial charge in [0.1, 0.15) is 23.8 Å². The lowest BCUT2D eigenvalue weighted by Gasteiger charge is -2.12. The Morgan fingerprint density at radius 1 is 0.944 bits per heavy atom. The molecule has 7 nitrogen and oxygen atoms in total. The van der Waals surface area contributed by atoms with Crippen LogP contribution in [-0.4, -0.2) is 18.1 Å². The number of aryl methyl sites for hydroxylation is 1. The van der Waals surface area contributed by atoms with Crippen LogP contribution in [0.1, 0.15) is 29.0 Å². The summed E-state index contributed by atoms with van der Waals surface area (Å²) in [4.78, 5) is 21.8. The van der Waals surface area contributed by atoms with Crippen molar-refractivity contribution in [3.8, 4) is 17.2 Å². The molecule has 0 aliphatic carbocycles. The molecular formula is C29H28N2O5. The Morgan fingerprint density at radius 2 is 1.64 bits per heavy atom. The Kier molecular flexibility index (Phi) is 8.51. The van der Waals surface area contributed by atoms with Crippen molar-refractivity contribution in [2.75, 3.05) is 7.11 Å². The first kappa shape index (κ1) is 24.8. The maximum atomic E-state index is 11.5. The Labute approximate surface area is 210 Å². The Balaban J connectivity index is 1.30. The second-order valence-corrected chi connectivity index (χ2v) is 7.98. The van der Waals surface area contributed by atoms with E-state index in [1.54, 1.807) is 6.08 Å². The van der Waals surface area contributed by atoms with Crippen LogP contribution in [0.25, 0.3) is 17.2 Å². The van der Waals surface area contributed by atoms with Gasteiger partial charge in [-0.3, -0.25) is 15.1 Å². The maximum absolute atomic E-state index is 11.5. The summed E-state index contributed by atoms with van der Waals surface area (Å²) >= 11 is 0. The zero-order chi connectivity index (χ0) is 25.2. The number of aromatic nitrogens is 1. The first-order valence-electron chi connectivity index (χ1n) is 11.6. The lowest BCUT2D eigenvalue weighted by Crippen LogP contribution is -2.14. The summed E-state index contributed by atoms with van der Waals surface area (Å²) in [7, 11) is 1.37. The predicted octanol–water partition coefficient (Wildman–Crippen LogP) is 5.85. The van der Waals surface area contributed by atoms with E-state index in [4.69, 9.17) is 18.7 Å². The van der Waals surface area contributed by atoms with Gasteiger partial charge in [-0.05, 0) is 48.4 Å². The molecule has 0 aliphatic heterocycles. The van der Waals surface area contributed by atoms with E-state index in [0.29, 0.717) is 24.8 Å². The van der Waals surface area contributed by atoms with E-state index in [-0.39, 0.29) is 12.4 Å². The number of nitrogens with zero attached hydrogens (tertiary/aromatic N) is 1. The minimum atomic E-state index is -0.321. The number of nitrogens with one attached hydrogen (secondary N) is 1. The van der Waals surface area contributed by atoms with Crippen molar-refractivity contribution in [3.05, 3.63) is 114 Å². The third-order valence-corrected chi connectivity index (χ3v) is 5.42. The summed E-state index contributed by atoms with van der Waals surface area (Å²) in [5, 5.41) is 0. The topological polar surface area (TPSA) is 82.8 Å². The Morgan fingerprint density at radius 3 is 2.33 bits per heavy atom. The van der Waals surface area contributed by atoms with Crippen LogP contribution < -0.4 is 10.2 Å². The first-order valence-corrected chi connectivity index (χ1v) is 11.6. The van der Waals surface area contributed by atoms with Crippen molar-refractivity contribution in [2.24, 2.45) is 0 Å². The van der Waals surface area contributed by atoms with Gasteiger partial charge in [0.05, 0.1) is 25.8 Å². The zero-order valence-corrected chi connectivity index (χ0v) is 20.3. The highest BCUT2D eigenvalue weighted by atomic mass is 16.6. The van der Waals surface area contributed by atoms with Crippen molar-refractivity contribution in [1.29, 1.82) is 0 Å². The molecule has 1 N–H and O–H groups in total. The number of hydrogen-bond donors (Lipinski definition) is 1. The van der Waals surface area contributed by atoms with Gasteiger partial charge in [-0.25, -0.2) is 4.98 Å². The van der Waals surface area contributed by atoms with E-state index in [1.165, 1.54) is 7.11 Å². The molecule has 1 aromatic heterocycles. The monoisotopic (exact) mass is 484 g/mol. The fourth-order valence-electron chi connectivity index (χ4n) is 3.40. The smallest absolute Gasteiger partial charge is 0.309 e. The number of carbonyl (C=O) groups excluding carboxylic acids is 1. The van der Waals surface area contributed by atoms with Crippen molar-refractivity contribution in [2.45, 2.75) is 26.6 Å². The van der Waals surface area contributed by atoms with Crippen molar-refractivity contribution < 1.29 is 23.5 Å². The van der Waals surface area contributed by atoms with Crippen LogP contribution in [-0.2, 0) is 27.6 Å². The largest absolute Gasteiger partial charge is 0.487 e. The van der Waals surface area contributed by atoms with E-state index in [2.05, 4.69) is 10.5 Å². The highest BCUT2D eigenvalue weighted by Crippen LogP contribution is 2.23. The van der Waals surface area contributed by atoms with Crippen LogP contribution in [0.5, 0.6) is 5.75 Å². The SMILES string of the molecule is COC(=O)CC=C(NOCc1ccc(OCc2nc(-c3ccccc3)oc2C)cc1)c1ccccc1. The van der Waals surface area contributed by atoms with Crippen LogP contribution in [0.4, 0.5) is 0 Å². The number of oxazole rings is 1. The third-order valence-electron chi connectivity index (χ3n) is 5.42. The van der Waals surface area contributed by atoms with Crippen LogP contribution in [0.3, 0.4) is 0 Å². The summed E-state index contributed by atoms with van der Waals surface area (Å²) in [5.74, 6) is 1.72. The normalized spacial score (nSPS) is 11.2. The summed E-state index contributed by atoms with van der Waals surface area (Å²) < 4.78 is 16.4. The quantitative estimate of drug-likeness (QED) is 0.211. The molecule has 0 saturated carbocycles. The van der Waals surface area contributed by atoms with Gasteiger partial charge in [-0.1, -0.05) is 60.7 Å². The van der Waals surface area contributed by atoms with Gasteiger partial charge in [0, 0.05) is 5.56 Å². The molecule has 0 radical (unpaired) electrons. The number of hydrogen-bond acceptors (Lipinski definition) is 7. The summed E-state index contributed by atoms with van der Waals surface area (Å²) in [6.07, 6.45) is 1.88. The molecule has 0 amide bonds. The molecule has 0 unspecified atom stereocenters. The van der Waals surface area contributed by atoms with Crippen LogP contribution in [0.15, 0.2) is 95.4 Å². The standard InChI is InChI=1S/C29H28N2O5/c1-21-27(30-29(36-21)24-11-7-4-8-12-24)20-34-25-15-13-22(14-16-25)19-35-31-26(17-18-28(32)33-2)23-9-5-3-6-10-23/h3-17,31H,18-20H2,1-2H3. The molecule has 4 aromatic rings. The maximum Gasteiger partial charge on any atom is 0.309 e. The molecular weight excluding hydrogens is 456 g/mol. The number of esters is 1. The van der Waals surface area contributed by atoms with E-state index < -0.39 is 0 Å². The predicted molar refractivity (Wildman–Crippen MR) is 136 cm³/mol. The van der Waals surface area contributed by atoms with Crippen LogP contribution in [0, 0.1) is 6.92 Å². The van der Waals surface area contributed by atoms with Crippen LogP contribution >= 0.6 is 0 Å². The summed E-state index contributed by atoms with van der Waals surface area (Å²) in [5.41, 5.74) is 7.20. The number of methoxy groups -OCH3 is 1. The second kappa shape index (κ2) is 12.4. The number of hydroxylamine groups is 1. The summed E-state index contributed by atoms with van der Waals surface area (Å²) in [6, 6.07) is 27.1. The first-order chi connectivity index (χ1) is 17.6. The zero-order valence-electron chi connectivity index (χ0n) is 20.3. The molecule has 3 aromatic carbocycles. The Hall–Kier alpha value is -4.36. The van der Waals surface area contributed by atoms with E-state index in [0.717, 1.165) is 33.9 Å². The highest BCUT2D eigenvalue weighted by Gasteiger charge is 2.12. The van der Waals surface area contributed by atoms with Gasteiger partial charge >= 0.3 is 5.97 Å². The third kappa shape index (κ3) is 6.84. The van der Waals surface area contributed by atoms with Gasteiger partial charge in [0.25, 0.3) is 0 Å². The van der Waals surface area contributed by atoms with Gasteiger partial charge in [-0.15, -0.1) is 0 Å². The van der Waals surface area contributed by atoms with E-state index >= 15 is 0 Å². The second-order valence-electron chi connectivity index (χ2n) is 7.98. The molecule has 0 atom stereocenters. The van der Waals surface area contributed by atoms with Gasteiger partial charge in [0.2, 0.25) is 5.89 Å². The molecule has 36 heavy (non-hydrogen) atoms. The average molecular weight is 485 g/mol. The molecule has 0 fully saturated rings. The van der Waals surface area contributed by atoms with Gasteiger partial charge in [0.15, 0.2) is 0 Å². The molecule has 7 heteroatoms. The lowest BCUT2D eigenvalue weighted by molar-refractivity contribution is -0.139. The van der Waals surface area contributed by atoms with Gasteiger partial charge in [-0.2, -0.15) is 0 Å². The number of carbonyl (C=O) groups is 1. The molecule has 0 saturated heterocycles. The van der Waals surface area contributed by atoms with Crippen molar-refractivity contribution in [1.82, 2.24) is 10.5 Å². The van der Waals surface area contributed by atoms with E-state index in [1.807, 2.05) is 91.9 Å². The molecule has 0 aliphatic rings. The van der Waals surface area contributed by atoms with E-state index in [9.17, 15) is 4.79 Å². The molecule has 0 spiro atoms. The average Bonchev–Trinajstić information content (AvgIpc) is 3.31. The van der Waals surface area contributed by atoms with Crippen LogP contribution in [0.2, 0.25) is 0 Å². The minimum absolute atomic E-state index is 0.140. The molecule has 184 valence electrons.